The maximum atomic E-state index is 10.1. The third-order valence-corrected chi connectivity index (χ3v) is 4.46. The Morgan fingerprint density at radius 1 is 1.67 bits per heavy atom. The first-order chi connectivity index (χ1) is 7.27. The molecule has 1 aliphatic rings. The first kappa shape index (κ1) is 11.0. The number of hydrogen-bond donors (Lipinski definition) is 1. The first-order valence-corrected chi connectivity index (χ1v) is 6.58. The van der Waals surface area contributed by atoms with Gasteiger partial charge in [0.15, 0.2) is 0 Å². The summed E-state index contributed by atoms with van der Waals surface area (Å²) in [5, 5.41) is 10.5. The molecule has 0 saturated carbocycles. The van der Waals surface area contributed by atoms with Gasteiger partial charge >= 0.3 is 0 Å². The number of imidazole rings is 1. The Bertz CT molecular complexity index is 307. The Morgan fingerprint density at radius 3 is 3.13 bits per heavy atom. The minimum absolute atomic E-state index is 0.239. The minimum Gasteiger partial charge on any atom is -0.392 e. The van der Waals surface area contributed by atoms with Crippen molar-refractivity contribution in [2.45, 2.75) is 37.0 Å². The lowest BCUT2D eigenvalue weighted by molar-refractivity contribution is 0.163. The highest BCUT2D eigenvalue weighted by Crippen LogP contribution is 2.28. The van der Waals surface area contributed by atoms with E-state index in [2.05, 4.69) is 4.98 Å². The predicted octanol–water partition coefficient (Wildman–Crippen LogP) is 1.61. The lowest BCUT2D eigenvalue weighted by atomic mass is 10.1. The highest BCUT2D eigenvalue weighted by Gasteiger charge is 2.23. The molecule has 2 unspecified atom stereocenters. The summed E-state index contributed by atoms with van der Waals surface area (Å²) in [6, 6.07) is 0. The van der Waals surface area contributed by atoms with Crippen LogP contribution < -0.4 is 0 Å². The standard InChI is InChI=1S/C11H18N2OS/c1-13-6-5-12-11(13)8-9(14)10-4-2-3-7-15-10/h5-6,9-10,14H,2-4,7-8H2,1H3. The van der Waals surface area contributed by atoms with Crippen LogP contribution in [0.1, 0.15) is 25.1 Å². The molecule has 0 bridgehead atoms. The summed E-state index contributed by atoms with van der Waals surface area (Å²) in [6.07, 6.45) is 7.87. The third-order valence-electron chi connectivity index (χ3n) is 2.96. The van der Waals surface area contributed by atoms with Gasteiger partial charge in [0.25, 0.3) is 0 Å². The van der Waals surface area contributed by atoms with Crippen molar-refractivity contribution in [3.05, 3.63) is 18.2 Å². The molecule has 3 nitrogen and oxygen atoms in total. The number of nitrogens with zero attached hydrogens (tertiary/aromatic N) is 2. The molecule has 1 aliphatic heterocycles. The van der Waals surface area contributed by atoms with E-state index in [1.807, 2.05) is 29.6 Å². The van der Waals surface area contributed by atoms with Crippen molar-refractivity contribution in [1.82, 2.24) is 9.55 Å². The van der Waals surface area contributed by atoms with Crippen molar-refractivity contribution in [2.75, 3.05) is 5.75 Å². The summed E-state index contributed by atoms with van der Waals surface area (Å²) < 4.78 is 1.98. The monoisotopic (exact) mass is 226 g/mol. The second kappa shape index (κ2) is 5.03. The lowest BCUT2D eigenvalue weighted by Gasteiger charge is -2.25. The number of aliphatic hydroxyl groups is 1. The Labute approximate surface area is 94.9 Å². The molecule has 84 valence electrons. The molecule has 1 aromatic heterocycles. The van der Waals surface area contributed by atoms with Gasteiger partial charge in [0, 0.05) is 31.1 Å². The van der Waals surface area contributed by atoms with Gasteiger partial charge in [-0.05, 0) is 18.6 Å². The van der Waals surface area contributed by atoms with Gasteiger partial charge in [-0.1, -0.05) is 6.42 Å². The van der Waals surface area contributed by atoms with Crippen LogP contribution in [0.3, 0.4) is 0 Å². The van der Waals surface area contributed by atoms with Gasteiger partial charge in [0.05, 0.1) is 6.10 Å². The molecular weight excluding hydrogens is 208 g/mol. The van der Waals surface area contributed by atoms with Gasteiger partial charge in [0.1, 0.15) is 5.82 Å². The zero-order valence-electron chi connectivity index (χ0n) is 9.09. The van der Waals surface area contributed by atoms with Crippen molar-refractivity contribution in [1.29, 1.82) is 0 Å². The van der Waals surface area contributed by atoms with Crippen LogP contribution in [0.2, 0.25) is 0 Å². The van der Waals surface area contributed by atoms with Crippen LogP contribution in [0.5, 0.6) is 0 Å². The fourth-order valence-corrected chi connectivity index (χ4v) is 3.31. The van der Waals surface area contributed by atoms with Crippen LogP contribution >= 0.6 is 11.8 Å². The Morgan fingerprint density at radius 2 is 2.53 bits per heavy atom. The normalized spacial score (nSPS) is 24.0. The minimum atomic E-state index is -0.239. The highest BCUT2D eigenvalue weighted by molar-refractivity contribution is 8.00. The Balaban J connectivity index is 1.91. The van der Waals surface area contributed by atoms with Gasteiger partial charge in [-0.25, -0.2) is 4.98 Å². The fourth-order valence-electron chi connectivity index (χ4n) is 1.98. The van der Waals surface area contributed by atoms with E-state index in [0.717, 1.165) is 12.2 Å². The molecule has 1 N–H and O–H groups in total. The van der Waals surface area contributed by atoms with Gasteiger partial charge in [-0.2, -0.15) is 11.8 Å². The van der Waals surface area contributed by atoms with Crippen LogP contribution in [-0.4, -0.2) is 31.8 Å². The number of rotatable bonds is 3. The fraction of sp³-hybridized carbons (Fsp3) is 0.727. The topological polar surface area (TPSA) is 38.0 Å². The summed E-state index contributed by atoms with van der Waals surface area (Å²) in [5.74, 6) is 2.18. The molecule has 1 saturated heterocycles. The zero-order valence-corrected chi connectivity index (χ0v) is 9.91. The summed E-state index contributed by atoms with van der Waals surface area (Å²) in [5.41, 5.74) is 0. The average molecular weight is 226 g/mol. The van der Waals surface area contributed by atoms with Gasteiger partial charge in [0.2, 0.25) is 0 Å². The summed E-state index contributed by atoms with van der Waals surface area (Å²) in [7, 11) is 1.98. The van der Waals surface area contributed by atoms with Gasteiger partial charge in [-0.3, -0.25) is 0 Å². The number of aryl methyl sites for hydroxylation is 1. The third kappa shape index (κ3) is 2.75. The first-order valence-electron chi connectivity index (χ1n) is 5.53. The second-order valence-corrected chi connectivity index (χ2v) is 5.48. The predicted molar refractivity (Wildman–Crippen MR) is 63.0 cm³/mol. The largest absolute Gasteiger partial charge is 0.392 e. The van der Waals surface area contributed by atoms with E-state index in [9.17, 15) is 5.11 Å². The molecule has 2 heterocycles. The van der Waals surface area contributed by atoms with E-state index in [4.69, 9.17) is 0 Å². The molecule has 0 radical (unpaired) electrons. The maximum absolute atomic E-state index is 10.1. The van der Waals surface area contributed by atoms with Crippen LogP contribution in [0.15, 0.2) is 12.4 Å². The highest BCUT2D eigenvalue weighted by atomic mass is 32.2. The second-order valence-electron chi connectivity index (χ2n) is 4.13. The molecule has 1 fully saturated rings. The molecule has 0 aromatic carbocycles. The lowest BCUT2D eigenvalue weighted by Crippen LogP contribution is -2.28. The van der Waals surface area contributed by atoms with Gasteiger partial charge < -0.3 is 9.67 Å². The van der Waals surface area contributed by atoms with Crippen molar-refractivity contribution >= 4 is 11.8 Å². The van der Waals surface area contributed by atoms with E-state index in [0.29, 0.717) is 11.7 Å². The van der Waals surface area contributed by atoms with E-state index in [1.165, 1.54) is 18.6 Å². The van der Waals surface area contributed by atoms with Gasteiger partial charge in [-0.15, -0.1) is 0 Å². The van der Waals surface area contributed by atoms with Crippen LogP contribution in [0, 0.1) is 0 Å². The molecule has 0 aliphatic carbocycles. The van der Waals surface area contributed by atoms with Crippen LogP contribution in [0.4, 0.5) is 0 Å². The number of thioether (sulfide) groups is 1. The quantitative estimate of drug-likeness (QED) is 0.851. The molecule has 2 rings (SSSR count). The molecule has 0 amide bonds. The molecule has 1 aromatic rings. The maximum Gasteiger partial charge on any atom is 0.110 e. The zero-order chi connectivity index (χ0) is 10.7. The van der Waals surface area contributed by atoms with E-state index in [-0.39, 0.29) is 6.10 Å². The Kier molecular flexibility index (Phi) is 3.70. The number of aliphatic hydroxyl groups excluding tert-OH is 1. The number of aromatic nitrogens is 2. The molecule has 4 heteroatoms. The van der Waals surface area contributed by atoms with E-state index in [1.54, 1.807) is 6.20 Å². The van der Waals surface area contributed by atoms with E-state index >= 15 is 0 Å². The molecule has 2 atom stereocenters. The average Bonchev–Trinajstić information content (AvgIpc) is 2.66. The molecule has 15 heavy (non-hydrogen) atoms. The summed E-state index contributed by atoms with van der Waals surface area (Å²) >= 11 is 1.91. The summed E-state index contributed by atoms with van der Waals surface area (Å²) in [6.45, 7) is 0. The van der Waals surface area contributed by atoms with Crippen molar-refractivity contribution in [3.63, 3.8) is 0 Å². The van der Waals surface area contributed by atoms with Crippen LogP contribution in [0.25, 0.3) is 0 Å². The van der Waals surface area contributed by atoms with Crippen LogP contribution in [-0.2, 0) is 13.5 Å². The van der Waals surface area contributed by atoms with E-state index < -0.39 is 0 Å². The molecular formula is C11H18N2OS. The Hall–Kier alpha value is -0.480. The van der Waals surface area contributed by atoms with Crippen molar-refractivity contribution in [3.8, 4) is 0 Å². The number of hydrogen-bond acceptors (Lipinski definition) is 3. The smallest absolute Gasteiger partial charge is 0.110 e. The SMILES string of the molecule is Cn1ccnc1CC(O)C1CCCCS1. The summed E-state index contributed by atoms with van der Waals surface area (Å²) in [4.78, 5) is 4.24. The van der Waals surface area contributed by atoms with Crippen molar-refractivity contribution in [2.24, 2.45) is 7.05 Å². The molecule has 0 spiro atoms. The van der Waals surface area contributed by atoms with Crippen molar-refractivity contribution < 1.29 is 5.11 Å².